The van der Waals surface area contributed by atoms with Gasteiger partial charge < -0.3 is 4.74 Å². The summed E-state index contributed by atoms with van der Waals surface area (Å²) in [6.45, 7) is 3.92. The molecule has 1 fully saturated rings. The van der Waals surface area contributed by atoms with Gasteiger partial charge in [0.25, 0.3) is 0 Å². The Morgan fingerprint density at radius 2 is 1.71 bits per heavy atom. The average molecular weight is 417 g/mol. The molecular formula is C19H19F4NO3S. The quantitative estimate of drug-likeness (QED) is 0.737. The highest BCUT2D eigenvalue weighted by Gasteiger charge is 2.58. The lowest BCUT2D eigenvalue weighted by atomic mass is 10.0. The van der Waals surface area contributed by atoms with Gasteiger partial charge in [0.05, 0.1) is 11.5 Å². The van der Waals surface area contributed by atoms with Gasteiger partial charge in [-0.25, -0.2) is 17.9 Å². The van der Waals surface area contributed by atoms with Crippen LogP contribution in [0.1, 0.15) is 30.9 Å². The van der Waals surface area contributed by atoms with Crippen LogP contribution in [0.4, 0.5) is 17.6 Å². The fourth-order valence-corrected chi connectivity index (χ4v) is 4.13. The first-order chi connectivity index (χ1) is 12.8. The average Bonchev–Trinajstić information content (AvgIpc) is 3.13. The van der Waals surface area contributed by atoms with Gasteiger partial charge in [0, 0.05) is 5.92 Å². The van der Waals surface area contributed by atoms with Crippen LogP contribution in [0.15, 0.2) is 47.4 Å². The summed E-state index contributed by atoms with van der Waals surface area (Å²) in [7, 11) is -3.80. The van der Waals surface area contributed by atoms with E-state index in [9.17, 15) is 26.0 Å². The zero-order chi connectivity index (χ0) is 20.9. The Balaban J connectivity index is 1.76. The van der Waals surface area contributed by atoms with Crippen molar-refractivity contribution >= 4 is 10.0 Å². The predicted octanol–water partition coefficient (Wildman–Crippen LogP) is 4.31. The molecule has 28 heavy (non-hydrogen) atoms. The standard InChI is InChI=1S/C19H19F4NO3S/c1-18(2)15(17(18)11-3-6-13(7-4-11)28(24,25)26)10-27-16-8-5-12(20)9-14(16)19(21,22)23/h3-9,15,17H,10H2,1-2H3,(H2,24,25,26)/t15-,17-/m0/s1. The molecule has 0 aliphatic heterocycles. The first-order valence-corrected chi connectivity index (χ1v) is 9.99. The van der Waals surface area contributed by atoms with Crippen molar-refractivity contribution in [1.82, 2.24) is 0 Å². The highest BCUT2D eigenvalue weighted by atomic mass is 32.2. The van der Waals surface area contributed by atoms with Crippen LogP contribution in [0, 0.1) is 17.2 Å². The minimum Gasteiger partial charge on any atom is -0.493 e. The predicted molar refractivity (Wildman–Crippen MR) is 94.7 cm³/mol. The van der Waals surface area contributed by atoms with E-state index in [1.807, 2.05) is 13.8 Å². The van der Waals surface area contributed by atoms with E-state index in [2.05, 4.69) is 0 Å². The molecule has 0 heterocycles. The van der Waals surface area contributed by atoms with Crippen LogP contribution >= 0.6 is 0 Å². The molecule has 0 bridgehead atoms. The Bertz CT molecular complexity index is 985. The number of ether oxygens (including phenoxy) is 1. The minimum absolute atomic E-state index is 0.0105. The van der Waals surface area contributed by atoms with Gasteiger partial charge in [0.1, 0.15) is 17.1 Å². The second kappa shape index (κ2) is 6.73. The Hall–Kier alpha value is -2.13. The summed E-state index contributed by atoms with van der Waals surface area (Å²) in [4.78, 5) is -0.0105. The lowest BCUT2D eigenvalue weighted by Crippen LogP contribution is -2.12. The van der Waals surface area contributed by atoms with Gasteiger partial charge in [0.15, 0.2) is 0 Å². The van der Waals surface area contributed by atoms with Crippen LogP contribution in [-0.4, -0.2) is 15.0 Å². The number of primary sulfonamides is 1. The second-order valence-electron chi connectivity index (χ2n) is 7.47. The number of benzene rings is 2. The van der Waals surface area contributed by atoms with Gasteiger partial charge in [0.2, 0.25) is 10.0 Å². The molecule has 0 amide bonds. The van der Waals surface area contributed by atoms with E-state index in [1.165, 1.54) is 12.1 Å². The number of halogens is 4. The molecule has 2 aromatic carbocycles. The van der Waals surface area contributed by atoms with Crippen LogP contribution in [0.5, 0.6) is 5.75 Å². The summed E-state index contributed by atoms with van der Waals surface area (Å²) < 4.78 is 80.6. The van der Waals surface area contributed by atoms with Crippen molar-refractivity contribution < 1.29 is 30.7 Å². The monoisotopic (exact) mass is 417 g/mol. The summed E-state index contributed by atoms with van der Waals surface area (Å²) in [6.07, 6.45) is -4.72. The van der Waals surface area contributed by atoms with E-state index in [4.69, 9.17) is 9.88 Å². The fourth-order valence-electron chi connectivity index (χ4n) is 3.61. The molecule has 4 nitrogen and oxygen atoms in total. The van der Waals surface area contributed by atoms with Crippen LogP contribution in [0.3, 0.4) is 0 Å². The summed E-state index contributed by atoms with van der Waals surface area (Å²) >= 11 is 0. The van der Waals surface area contributed by atoms with E-state index in [0.29, 0.717) is 6.07 Å². The lowest BCUT2D eigenvalue weighted by Gasteiger charge is -2.14. The van der Waals surface area contributed by atoms with Crippen molar-refractivity contribution in [2.45, 2.75) is 30.8 Å². The fraction of sp³-hybridized carbons (Fsp3) is 0.368. The highest BCUT2D eigenvalue weighted by molar-refractivity contribution is 7.89. The van der Waals surface area contributed by atoms with Gasteiger partial charge in [-0.1, -0.05) is 26.0 Å². The van der Waals surface area contributed by atoms with E-state index < -0.39 is 33.3 Å². The molecule has 0 spiro atoms. The third kappa shape index (κ3) is 4.00. The SMILES string of the molecule is CC1(C)[C@@H](COc2ccc(F)cc2C(F)(F)F)[C@@H]1c1ccc(S(N)(=O)=O)cc1. The molecule has 2 aromatic rings. The van der Waals surface area contributed by atoms with E-state index >= 15 is 0 Å². The van der Waals surface area contributed by atoms with Gasteiger partial charge in [-0.3, -0.25) is 0 Å². The third-order valence-electron chi connectivity index (χ3n) is 5.28. The van der Waals surface area contributed by atoms with Crippen molar-refractivity contribution in [3.8, 4) is 5.75 Å². The number of rotatable bonds is 5. The first-order valence-electron chi connectivity index (χ1n) is 8.44. The smallest absolute Gasteiger partial charge is 0.420 e. The van der Waals surface area contributed by atoms with Crippen molar-refractivity contribution in [1.29, 1.82) is 0 Å². The molecule has 0 saturated heterocycles. The van der Waals surface area contributed by atoms with Crippen LogP contribution < -0.4 is 9.88 Å². The first kappa shape index (κ1) is 20.6. The van der Waals surface area contributed by atoms with Gasteiger partial charge >= 0.3 is 6.18 Å². The third-order valence-corrected chi connectivity index (χ3v) is 6.21. The van der Waals surface area contributed by atoms with Crippen LogP contribution in [-0.2, 0) is 16.2 Å². The van der Waals surface area contributed by atoms with Gasteiger partial charge in [-0.05, 0) is 47.2 Å². The number of sulfonamides is 1. The van der Waals surface area contributed by atoms with Crippen molar-refractivity contribution in [3.05, 3.63) is 59.4 Å². The zero-order valence-electron chi connectivity index (χ0n) is 15.1. The normalized spacial score (nSPS) is 21.4. The van der Waals surface area contributed by atoms with Crippen LogP contribution in [0.25, 0.3) is 0 Å². The molecule has 0 aromatic heterocycles. The van der Waals surface area contributed by atoms with Crippen molar-refractivity contribution in [2.24, 2.45) is 16.5 Å². The molecular weight excluding hydrogens is 398 g/mol. The maximum atomic E-state index is 13.2. The van der Waals surface area contributed by atoms with Crippen molar-refractivity contribution in [3.63, 3.8) is 0 Å². The van der Waals surface area contributed by atoms with Crippen LogP contribution in [0.2, 0.25) is 0 Å². The highest BCUT2D eigenvalue weighted by Crippen LogP contribution is 2.64. The topological polar surface area (TPSA) is 69.4 Å². The summed E-state index contributed by atoms with van der Waals surface area (Å²) in [5.41, 5.74) is -0.553. The van der Waals surface area contributed by atoms with E-state index in [0.717, 1.165) is 17.7 Å². The Labute approximate surface area is 160 Å². The molecule has 0 unspecified atom stereocenters. The Morgan fingerprint density at radius 3 is 2.25 bits per heavy atom. The molecule has 2 N–H and O–H groups in total. The lowest BCUT2D eigenvalue weighted by molar-refractivity contribution is -0.139. The number of hydrogen-bond acceptors (Lipinski definition) is 3. The Kier molecular flexibility index (Phi) is 4.95. The van der Waals surface area contributed by atoms with Gasteiger partial charge in [-0.15, -0.1) is 0 Å². The maximum Gasteiger partial charge on any atom is 0.420 e. The van der Waals surface area contributed by atoms with Crippen molar-refractivity contribution in [2.75, 3.05) is 6.61 Å². The molecule has 152 valence electrons. The molecule has 3 rings (SSSR count). The van der Waals surface area contributed by atoms with Gasteiger partial charge in [-0.2, -0.15) is 13.2 Å². The number of nitrogens with two attached hydrogens (primary N) is 1. The zero-order valence-corrected chi connectivity index (χ0v) is 15.9. The second-order valence-corrected chi connectivity index (χ2v) is 9.03. The maximum absolute atomic E-state index is 13.2. The summed E-state index contributed by atoms with van der Waals surface area (Å²) in [6, 6.07) is 8.40. The minimum atomic E-state index is -4.72. The molecule has 9 heteroatoms. The summed E-state index contributed by atoms with van der Waals surface area (Å²) in [5, 5.41) is 5.08. The molecule has 1 aliphatic rings. The molecule has 0 radical (unpaired) electrons. The summed E-state index contributed by atoms with van der Waals surface area (Å²) in [5.74, 6) is -1.50. The largest absolute Gasteiger partial charge is 0.493 e. The number of alkyl halides is 3. The van der Waals surface area contributed by atoms with E-state index in [-0.39, 0.29) is 28.8 Å². The molecule has 2 atom stereocenters. The van der Waals surface area contributed by atoms with E-state index in [1.54, 1.807) is 12.1 Å². The molecule has 1 saturated carbocycles. The Morgan fingerprint density at radius 1 is 1.11 bits per heavy atom. The number of hydrogen-bond donors (Lipinski definition) is 1. The molecule has 1 aliphatic carbocycles.